The quantitative estimate of drug-likeness (QED) is 0.820. The van der Waals surface area contributed by atoms with Gasteiger partial charge < -0.3 is 9.47 Å². The van der Waals surface area contributed by atoms with Crippen LogP contribution in [0.25, 0.3) is 16.3 Å². The molecule has 1 aliphatic rings. The van der Waals surface area contributed by atoms with Gasteiger partial charge in [0.25, 0.3) is 0 Å². The molecule has 0 N–H and O–H groups in total. The van der Waals surface area contributed by atoms with E-state index in [1.165, 1.54) is 16.3 Å². The lowest BCUT2D eigenvalue weighted by Crippen LogP contribution is -2.07. The summed E-state index contributed by atoms with van der Waals surface area (Å²) in [6.45, 7) is 5.61. The van der Waals surface area contributed by atoms with Crippen LogP contribution in [0.5, 0.6) is 0 Å². The average molecular weight is 254 g/mol. The minimum Gasteiger partial charge on any atom is -0.350 e. The van der Waals surface area contributed by atoms with Crippen molar-refractivity contribution in [2.45, 2.75) is 19.1 Å². The molecule has 0 bridgehead atoms. The minimum absolute atomic E-state index is 0.0443. The Morgan fingerprint density at radius 1 is 1.05 bits per heavy atom. The predicted octanol–water partition coefficient (Wildman–Crippen LogP) is 4.01. The van der Waals surface area contributed by atoms with Gasteiger partial charge in [0.1, 0.15) is 0 Å². The van der Waals surface area contributed by atoms with E-state index in [1.54, 1.807) is 0 Å². The number of rotatable bonds is 4. The Balaban J connectivity index is 1.70. The van der Waals surface area contributed by atoms with Crippen LogP contribution >= 0.6 is 0 Å². The second-order valence-corrected chi connectivity index (χ2v) is 4.88. The van der Waals surface area contributed by atoms with Gasteiger partial charge in [-0.2, -0.15) is 0 Å². The van der Waals surface area contributed by atoms with Gasteiger partial charge >= 0.3 is 0 Å². The van der Waals surface area contributed by atoms with Crippen molar-refractivity contribution >= 4 is 16.3 Å². The molecule has 0 atom stereocenters. The van der Waals surface area contributed by atoms with Gasteiger partial charge in [-0.15, -0.1) is 0 Å². The predicted molar refractivity (Wildman–Crippen MR) is 77.9 cm³/mol. The molecule has 3 rings (SSSR count). The lowest BCUT2D eigenvalue weighted by Gasteiger charge is -2.11. The van der Waals surface area contributed by atoms with Crippen molar-refractivity contribution in [3.05, 3.63) is 54.6 Å². The van der Waals surface area contributed by atoms with Crippen LogP contribution in [0.2, 0.25) is 0 Å². The third-order valence-electron chi connectivity index (χ3n) is 3.53. The molecule has 2 aromatic carbocycles. The van der Waals surface area contributed by atoms with Gasteiger partial charge in [-0.05, 0) is 34.4 Å². The van der Waals surface area contributed by atoms with Crippen LogP contribution in [-0.2, 0) is 9.47 Å². The first kappa shape index (κ1) is 12.4. The van der Waals surface area contributed by atoms with Crippen LogP contribution in [0.15, 0.2) is 49.0 Å². The SMILES string of the molecule is C=C(CCC1OCCO1)c1ccc2ccccc2c1. The molecule has 2 aromatic rings. The van der Waals surface area contributed by atoms with Gasteiger partial charge in [0.2, 0.25) is 0 Å². The maximum atomic E-state index is 5.45. The number of allylic oxidation sites excluding steroid dienone is 1. The second kappa shape index (κ2) is 5.55. The summed E-state index contributed by atoms with van der Waals surface area (Å²) in [7, 11) is 0. The Hall–Kier alpha value is -1.64. The maximum absolute atomic E-state index is 5.45. The van der Waals surface area contributed by atoms with Gasteiger partial charge in [-0.25, -0.2) is 0 Å². The fraction of sp³-hybridized carbons (Fsp3) is 0.294. The molecule has 2 heteroatoms. The molecule has 0 aromatic heterocycles. The van der Waals surface area contributed by atoms with Gasteiger partial charge in [0.15, 0.2) is 6.29 Å². The van der Waals surface area contributed by atoms with Crippen molar-refractivity contribution in [3.8, 4) is 0 Å². The fourth-order valence-corrected chi connectivity index (χ4v) is 2.42. The van der Waals surface area contributed by atoms with E-state index in [9.17, 15) is 0 Å². The molecule has 2 nitrogen and oxygen atoms in total. The molecular formula is C17H18O2. The molecule has 0 saturated carbocycles. The van der Waals surface area contributed by atoms with Crippen LogP contribution < -0.4 is 0 Å². The molecule has 1 heterocycles. The number of fused-ring (bicyclic) bond motifs is 1. The number of benzene rings is 2. The van der Waals surface area contributed by atoms with E-state index in [0.717, 1.165) is 18.4 Å². The standard InChI is InChI=1S/C17H18O2/c1-13(6-9-17-18-10-11-19-17)15-8-7-14-4-2-3-5-16(14)12-15/h2-5,7-8,12,17H,1,6,9-11H2. The Bertz CT molecular complexity index is 583. The molecule has 1 saturated heterocycles. The summed E-state index contributed by atoms with van der Waals surface area (Å²) >= 11 is 0. The first-order valence-corrected chi connectivity index (χ1v) is 6.73. The molecule has 19 heavy (non-hydrogen) atoms. The van der Waals surface area contributed by atoms with Crippen LogP contribution in [0.3, 0.4) is 0 Å². The highest BCUT2D eigenvalue weighted by Gasteiger charge is 2.15. The normalized spacial score (nSPS) is 16.0. The summed E-state index contributed by atoms with van der Waals surface area (Å²) in [6.07, 6.45) is 1.74. The third-order valence-corrected chi connectivity index (χ3v) is 3.53. The average Bonchev–Trinajstić information content (AvgIpc) is 2.97. The van der Waals surface area contributed by atoms with Crippen molar-refractivity contribution in [2.75, 3.05) is 13.2 Å². The summed E-state index contributed by atoms with van der Waals surface area (Å²) in [4.78, 5) is 0. The molecule has 1 aliphatic heterocycles. The Morgan fingerprint density at radius 3 is 2.58 bits per heavy atom. The first-order valence-electron chi connectivity index (χ1n) is 6.73. The van der Waals surface area contributed by atoms with E-state index in [4.69, 9.17) is 9.47 Å². The molecular weight excluding hydrogens is 236 g/mol. The number of hydrogen-bond donors (Lipinski definition) is 0. The van der Waals surface area contributed by atoms with Crippen molar-refractivity contribution in [2.24, 2.45) is 0 Å². The molecule has 0 spiro atoms. The lowest BCUT2D eigenvalue weighted by molar-refractivity contribution is -0.0453. The van der Waals surface area contributed by atoms with E-state index in [1.807, 2.05) is 0 Å². The van der Waals surface area contributed by atoms with Gasteiger partial charge in [0, 0.05) is 6.42 Å². The zero-order chi connectivity index (χ0) is 13.1. The monoisotopic (exact) mass is 254 g/mol. The fourth-order valence-electron chi connectivity index (χ4n) is 2.42. The summed E-state index contributed by atoms with van der Waals surface area (Å²) in [5, 5.41) is 2.52. The van der Waals surface area contributed by atoms with Gasteiger partial charge in [-0.1, -0.05) is 43.0 Å². The van der Waals surface area contributed by atoms with E-state index in [0.29, 0.717) is 13.2 Å². The summed E-state index contributed by atoms with van der Waals surface area (Å²) in [5.74, 6) is 0. The first-order chi connectivity index (χ1) is 9.33. The number of hydrogen-bond acceptors (Lipinski definition) is 2. The van der Waals surface area contributed by atoms with Gasteiger partial charge in [-0.3, -0.25) is 0 Å². The Morgan fingerprint density at radius 2 is 1.79 bits per heavy atom. The Kier molecular flexibility index (Phi) is 3.62. The summed E-state index contributed by atoms with van der Waals surface area (Å²) in [5.41, 5.74) is 2.35. The van der Waals surface area contributed by atoms with Crippen LogP contribution in [-0.4, -0.2) is 19.5 Å². The van der Waals surface area contributed by atoms with Crippen molar-refractivity contribution in [1.82, 2.24) is 0 Å². The molecule has 0 radical (unpaired) electrons. The minimum atomic E-state index is -0.0443. The second-order valence-electron chi connectivity index (χ2n) is 4.88. The van der Waals surface area contributed by atoms with E-state index in [-0.39, 0.29) is 6.29 Å². The maximum Gasteiger partial charge on any atom is 0.158 e. The highest BCUT2D eigenvalue weighted by molar-refractivity contribution is 5.86. The van der Waals surface area contributed by atoms with Crippen LogP contribution in [0.1, 0.15) is 18.4 Å². The molecule has 0 amide bonds. The molecule has 0 aliphatic carbocycles. The zero-order valence-corrected chi connectivity index (χ0v) is 11.0. The smallest absolute Gasteiger partial charge is 0.158 e. The number of ether oxygens (including phenoxy) is 2. The highest BCUT2D eigenvalue weighted by Crippen LogP contribution is 2.24. The van der Waals surface area contributed by atoms with Crippen molar-refractivity contribution in [1.29, 1.82) is 0 Å². The topological polar surface area (TPSA) is 18.5 Å². The van der Waals surface area contributed by atoms with E-state index in [2.05, 4.69) is 49.0 Å². The third kappa shape index (κ3) is 2.86. The van der Waals surface area contributed by atoms with Crippen LogP contribution in [0, 0.1) is 0 Å². The van der Waals surface area contributed by atoms with E-state index >= 15 is 0 Å². The molecule has 98 valence electrons. The van der Waals surface area contributed by atoms with Gasteiger partial charge in [0.05, 0.1) is 13.2 Å². The summed E-state index contributed by atoms with van der Waals surface area (Å²) < 4.78 is 10.9. The Labute approximate surface area is 113 Å². The largest absolute Gasteiger partial charge is 0.350 e. The zero-order valence-electron chi connectivity index (χ0n) is 11.0. The van der Waals surface area contributed by atoms with Crippen molar-refractivity contribution < 1.29 is 9.47 Å². The summed E-state index contributed by atoms with van der Waals surface area (Å²) in [6, 6.07) is 14.9. The molecule has 0 unspecified atom stereocenters. The highest BCUT2D eigenvalue weighted by atomic mass is 16.7. The lowest BCUT2D eigenvalue weighted by atomic mass is 9.99. The van der Waals surface area contributed by atoms with Crippen molar-refractivity contribution in [3.63, 3.8) is 0 Å². The van der Waals surface area contributed by atoms with E-state index < -0.39 is 0 Å². The molecule has 1 fully saturated rings. The van der Waals surface area contributed by atoms with Crippen LogP contribution in [0.4, 0.5) is 0 Å².